The molecule has 0 aromatic carbocycles. The Kier molecular flexibility index (Phi) is 3.61. The summed E-state index contributed by atoms with van der Waals surface area (Å²) in [4.78, 5) is 46.0. The van der Waals surface area contributed by atoms with Gasteiger partial charge in [-0.05, 0) is 0 Å². The van der Waals surface area contributed by atoms with Crippen LogP contribution in [-0.4, -0.2) is 53.0 Å². The van der Waals surface area contributed by atoms with Crippen LogP contribution in [0.3, 0.4) is 0 Å². The van der Waals surface area contributed by atoms with Crippen LogP contribution >= 0.6 is 0 Å². The Morgan fingerprint density at radius 3 is 0.938 bits per heavy atom. The van der Waals surface area contributed by atoms with E-state index in [0.717, 1.165) is 0 Å². The predicted octanol–water partition coefficient (Wildman–Crippen LogP) is -0.00320. The Balaban J connectivity index is 3.08. The third-order valence-electron chi connectivity index (χ3n) is 2.43. The van der Waals surface area contributed by atoms with Crippen molar-refractivity contribution in [1.29, 1.82) is 0 Å². The van der Waals surface area contributed by atoms with Crippen LogP contribution < -0.4 is 0 Å². The average molecular weight is 354 g/mol. The number of ketones is 4. The first-order valence-electron chi connectivity index (χ1n) is 4.63. The molecule has 1 aliphatic rings. The fraction of sp³-hybridized carbons (Fsp3) is 0.600. The SMILES string of the molecule is CC(=O)C1(C(C)=O)[Se]C(C(C)=O)(C(C)=O)[Se]1. The predicted molar refractivity (Wildman–Crippen MR) is 59.6 cm³/mol. The Hall–Kier alpha value is -0.281. The zero-order chi connectivity index (χ0) is 12.7. The first-order valence-corrected chi connectivity index (χ1v) is 8.06. The Bertz CT molecular complexity index is 326. The molecule has 0 aliphatic carbocycles. The molecule has 4 nitrogen and oxygen atoms in total. The Labute approximate surface area is 106 Å². The molecule has 0 saturated carbocycles. The molecule has 1 aliphatic heterocycles. The van der Waals surface area contributed by atoms with Crippen molar-refractivity contribution < 1.29 is 19.2 Å². The second kappa shape index (κ2) is 4.19. The standard InChI is InChI=1S/C10H12O4Se2/c1-5(11)9(6(2)12)15-10(16-9,7(3)13)8(4)14/h1-4H3. The van der Waals surface area contributed by atoms with Crippen molar-refractivity contribution in [3.63, 3.8) is 0 Å². The van der Waals surface area contributed by atoms with Gasteiger partial charge in [0.25, 0.3) is 0 Å². The van der Waals surface area contributed by atoms with E-state index in [1.54, 1.807) is 0 Å². The van der Waals surface area contributed by atoms with Crippen LogP contribution in [0.5, 0.6) is 0 Å². The van der Waals surface area contributed by atoms with Gasteiger partial charge in [0, 0.05) is 0 Å². The summed E-state index contributed by atoms with van der Waals surface area (Å²) in [5.41, 5.74) is 0. The molecule has 0 amide bonds. The quantitative estimate of drug-likeness (QED) is 0.527. The number of Topliss-reactive ketones (excluding diaryl/α,β-unsaturated/α-hetero) is 4. The van der Waals surface area contributed by atoms with Gasteiger partial charge in [-0.25, -0.2) is 0 Å². The van der Waals surface area contributed by atoms with Crippen LogP contribution in [0.4, 0.5) is 0 Å². The molecule has 0 radical (unpaired) electrons. The summed E-state index contributed by atoms with van der Waals surface area (Å²) in [7, 11) is 0. The second-order valence-corrected chi connectivity index (χ2v) is 12.3. The summed E-state index contributed by atoms with van der Waals surface area (Å²) in [5, 5.41) is 0. The maximum atomic E-state index is 11.5. The van der Waals surface area contributed by atoms with Crippen molar-refractivity contribution in [1.82, 2.24) is 0 Å². The van der Waals surface area contributed by atoms with Gasteiger partial charge in [0.2, 0.25) is 0 Å². The van der Waals surface area contributed by atoms with Crippen molar-refractivity contribution in [3.05, 3.63) is 0 Å². The number of hydrogen-bond donors (Lipinski definition) is 0. The molecule has 0 atom stereocenters. The van der Waals surface area contributed by atoms with Gasteiger partial charge in [0.1, 0.15) is 0 Å². The minimum atomic E-state index is -0.975. The normalized spacial score (nSPS) is 20.8. The molecule has 1 rings (SSSR count). The molecule has 0 aromatic rings. The summed E-state index contributed by atoms with van der Waals surface area (Å²) >= 11 is -1.12. The summed E-state index contributed by atoms with van der Waals surface area (Å²) < 4.78 is -1.95. The number of hydrogen-bond acceptors (Lipinski definition) is 4. The van der Waals surface area contributed by atoms with Gasteiger partial charge in [0.15, 0.2) is 0 Å². The molecule has 0 spiro atoms. The van der Waals surface area contributed by atoms with Crippen LogP contribution in [-0.2, 0) is 19.2 Å². The zero-order valence-electron chi connectivity index (χ0n) is 9.45. The second-order valence-electron chi connectivity index (χ2n) is 3.66. The summed E-state index contributed by atoms with van der Waals surface area (Å²) in [6.07, 6.45) is 0. The van der Waals surface area contributed by atoms with Gasteiger partial charge in [-0.3, -0.25) is 0 Å². The third-order valence-corrected chi connectivity index (χ3v) is 13.3. The minimum absolute atomic E-state index is 0.196. The molecule has 0 unspecified atom stereocenters. The molecular formula is C10H12O4Se2. The van der Waals surface area contributed by atoms with E-state index in [1.807, 2.05) is 0 Å². The first-order chi connectivity index (χ1) is 7.19. The fourth-order valence-corrected chi connectivity index (χ4v) is 10.2. The van der Waals surface area contributed by atoms with Crippen LogP contribution in [0.15, 0.2) is 0 Å². The monoisotopic (exact) mass is 356 g/mol. The van der Waals surface area contributed by atoms with Crippen molar-refractivity contribution in [2.75, 3.05) is 0 Å². The zero-order valence-corrected chi connectivity index (χ0v) is 12.9. The van der Waals surface area contributed by atoms with Crippen molar-refractivity contribution in [2.45, 2.75) is 34.1 Å². The van der Waals surface area contributed by atoms with Crippen LogP contribution in [0.25, 0.3) is 0 Å². The molecule has 88 valence electrons. The van der Waals surface area contributed by atoms with Crippen molar-refractivity contribution in [2.24, 2.45) is 0 Å². The topological polar surface area (TPSA) is 68.3 Å². The van der Waals surface area contributed by atoms with E-state index in [4.69, 9.17) is 0 Å². The van der Waals surface area contributed by atoms with Gasteiger partial charge in [-0.2, -0.15) is 0 Å². The van der Waals surface area contributed by atoms with Crippen LogP contribution in [0.2, 0.25) is 6.42 Å². The molecule has 0 bridgehead atoms. The van der Waals surface area contributed by atoms with Crippen molar-refractivity contribution in [3.8, 4) is 0 Å². The molecule has 1 heterocycles. The molecular weight excluding hydrogens is 342 g/mol. The van der Waals surface area contributed by atoms with Gasteiger partial charge in [-0.15, -0.1) is 0 Å². The third kappa shape index (κ3) is 1.74. The summed E-state index contributed by atoms with van der Waals surface area (Å²) in [6.45, 7) is 5.48. The summed E-state index contributed by atoms with van der Waals surface area (Å²) in [6, 6.07) is 0. The van der Waals surface area contributed by atoms with Gasteiger partial charge >= 0.3 is 106 Å². The molecule has 1 saturated heterocycles. The van der Waals surface area contributed by atoms with Gasteiger partial charge in [-0.1, -0.05) is 0 Å². The van der Waals surface area contributed by atoms with Gasteiger partial charge in [0.05, 0.1) is 0 Å². The van der Waals surface area contributed by atoms with E-state index >= 15 is 0 Å². The van der Waals surface area contributed by atoms with E-state index in [2.05, 4.69) is 0 Å². The van der Waals surface area contributed by atoms with E-state index < -0.39 is 36.3 Å². The van der Waals surface area contributed by atoms with E-state index in [0.29, 0.717) is 0 Å². The maximum absolute atomic E-state index is 11.5. The van der Waals surface area contributed by atoms with E-state index in [9.17, 15) is 19.2 Å². The van der Waals surface area contributed by atoms with Gasteiger partial charge < -0.3 is 0 Å². The van der Waals surface area contributed by atoms with E-state index in [-0.39, 0.29) is 23.1 Å². The summed E-state index contributed by atoms with van der Waals surface area (Å²) in [5.74, 6) is -0.785. The Morgan fingerprint density at radius 2 is 0.812 bits per heavy atom. The number of rotatable bonds is 4. The fourth-order valence-electron chi connectivity index (χ4n) is 1.48. The van der Waals surface area contributed by atoms with Crippen LogP contribution in [0, 0.1) is 0 Å². The molecule has 1 fully saturated rings. The number of carbonyl (C=O) groups excluding carboxylic acids is 4. The van der Waals surface area contributed by atoms with Crippen molar-refractivity contribution >= 4 is 53.0 Å². The molecule has 6 heteroatoms. The average Bonchev–Trinajstić information content (AvgIpc) is 1.98. The molecule has 16 heavy (non-hydrogen) atoms. The number of carbonyl (C=O) groups is 4. The van der Waals surface area contributed by atoms with E-state index in [1.165, 1.54) is 27.7 Å². The Morgan fingerprint density at radius 1 is 0.625 bits per heavy atom. The molecule has 0 N–H and O–H groups in total. The molecule has 0 aromatic heterocycles. The van der Waals surface area contributed by atoms with Crippen LogP contribution in [0.1, 0.15) is 27.7 Å². The first kappa shape index (κ1) is 13.8.